The Morgan fingerprint density at radius 3 is 2.57 bits per heavy atom. The number of benzene rings is 1. The molecule has 124 valence electrons. The van der Waals surface area contributed by atoms with Crippen molar-refractivity contribution in [3.05, 3.63) is 41.9 Å². The highest BCUT2D eigenvalue weighted by Crippen LogP contribution is 2.35. The van der Waals surface area contributed by atoms with E-state index in [0.29, 0.717) is 23.1 Å². The van der Waals surface area contributed by atoms with Gasteiger partial charge in [0.05, 0.1) is 11.3 Å². The minimum atomic E-state index is -4.34. The molecule has 0 radical (unpaired) electrons. The van der Waals surface area contributed by atoms with Gasteiger partial charge in [0, 0.05) is 17.7 Å². The van der Waals surface area contributed by atoms with Crippen molar-refractivity contribution in [2.75, 3.05) is 6.54 Å². The molecular formula is C17H20F3N3. The number of nitrogens with zero attached hydrogens (tertiary/aromatic N) is 1. The Morgan fingerprint density at radius 2 is 1.91 bits per heavy atom. The van der Waals surface area contributed by atoms with Crippen LogP contribution < -0.4 is 5.73 Å². The average Bonchev–Trinajstić information content (AvgIpc) is 3.04. The molecule has 6 heteroatoms. The summed E-state index contributed by atoms with van der Waals surface area (Å²) < 4.78 is 38.4. The second kappa shape index (κ2) is 6.35. The lowest BCUT2D eigenvalue weighted by Crippen LogP contribution is -2.21. The maximum Gasteiger partial charge on any atom is 0.416 e. The van der Waals surface area contributed by atoms with E-state index in [1.165, 1.54) is 6.07 Å². The summed E-state index contributed by atoms with van der Waals surface area (Å²) >= 11 is 0. The van der Waals surface area contributed by atoms with Gasteiger partial charge in [0.2, 0.25) is 0 Å². The number of imidazole rings is 1. The van der Waals surface area contributed by atoms with Crippen molar-refractivity contribution in [2.24, 2.45) is 11.7 Å². The summed E-state index contributed by atoms with van der Waals surface area (Å²) in [6, 6.07) is 5.29. The zero-order valence-electron chi connectivity index (χ0n) is 12.7. The lowest BCUT2D eigenvalue weighted by Gasteiger charge is -2.26. The van der Waals surface area contributed by atoms with Crippen LogP contribution in [0.1, 0.15) is 43.0 Å². The molecule has 0 atom stereocenters. The number of hydrogen-bond donors (Lipinski definition) is 2. The van der Waals surface area contributed by atoms with Crippen LogP contribution in [0, 0.1) is 5.92 Å². The number of H-pyrrole nitrogens is 1. The van der Waals surface area contributed by atoms with Crippen molar-refractivity contribution >= 4 is 0 Å². The molecule has 0 unspecified atom stereocenters. The third-order valence-electron chi connectivity index (χ3n) is 4.65. The van der Waals surface area contributed by atoms with Gasteiger partial charge in [0.25, 0.3) is 0 Å². The molecule has 23 heavy (non-hydrogen) atoms. The van der Waals surface area contributed by atoms with E-state index in [0.717, 1.165) is 50.2 Å². The van der Waals surface area contributed by atoms with Crippen LogP contribution in [0.2, 0.25) is 0 Å². The number of aromatic amines is 1. The number of aromatic nitrogens is 2. The number of alkyl halides is 3. The molecule has 0 amide bonds. The van der Waals surface area contributed by atoms with Crippen molar-refractivity contribution in [1.29, 1.82) is 0 Å². The molecular weight excluding hydrogens is 303 g/mol. The number of nitrogens with one attached hydrogen (secondary N) is 1. The van der Waals surface area contributed by atoms with Crippen molar-refractivity contribution in [3.63, 3.8) is 0 Å². The van der Waals surface area contributed by atoms with E-state index < -0.39 is 11.7 Å². The predicted molar refractivity (Wildman–Crippen MR) is 82.8 cm³/mol. The molecule has 1 aliphatic rings. The van der Waals surface area contributed by atoms with E-state index in [2.05, 4.69) is 9.97 Å². The van der Waals surface area contributed by atoms with Gasteiger partial charge in [-0.1, -0.05) is 12.1 Å². The van der Waals surface area contributed by atoms with Crippen LogP contribution in [0.25, 0.3) is 11.3 Å². The van der Waals surface area contributed by atoms with Crippen molar-refractivity contribution in [3.8, 4) is 11.3 Å². The van der Waals surface area contributed by atoms with Gasteiger partial charge < -0.3 is 10.7 Å². The highest BCUT2D eigenvalue weighted by molar-refractivity contribution is 5.59. The van der Waals surface area contributed by atoms with E-state index >= 15 is 0 Å². The minimum Gasteiger partial charge on any atom is -0.348 e. The van der Waals surface area contributed by atoms with Crippen LogP contribution in [0.5, 0.6) is 0 Å². The summed E-state index contributed by atoms with van der Waals surface area (Å²) in [4.78, 5) is 7.67. The smallest absolute Gasteiger partial charge is 0.348 e. The first-order valence-corrected chi connectivity index (χ1v) is 7.90. The fourth-order valence-corrected chi connectivity index (χ4v) is 3.22. The Balaban J connectivity index is 1.77. The zero-order valence-corrected chi connectivity index (χ0v) is 12.7. The summed E-state index contributed by atoms with van der Waals surface area (Å²) in [7, 11) is 0. The molecule has 1 aromatic carbocycles. The first kappa shape index (κ1) is 16.1. The van der Waals surface area contributed by atoms with Crippen molar-refractivity contribution in [1.82, 2.24) is 9.97 Å². The van der Waals surface area contributed by atoms with Gasteiger partial charge in [0.15, 0.2) is 0 Å². The van der Waals surface area contributed by atoms with Crippen LogP contribution in [0.3, 0.4) is 0 Å². The zero-order chi connectivity index (χ0) is 16.4. The van der Waals surface area contributed by atoms with Gasteiger partial charge >= 0.3 is 6.18 Å². The quantitative estimate of drug-likeness (QED) is 0.883. The van der Waals surface area contributed by atoms with Crippen molar-refractivity contribution < 1.29 is 13.2 Å². The summed E-state index contributed by atoms with van der Waals surface area (Å²) in [5.74, 6) is 1.80. The molecule has 0 spiro atoms. The van der Waals surface area contributed by atoms with Crippen LogP contribution >= 0.6 is 0 Å². The normalized spacial score (nSPS) is 22.3. The van der Waals surface area contributed by atoms with E-state index in [1.807, 2.05) is 0 Å². The molecule has 3 nitrogen and oxygen atoms in total. The lowest BCUT2D eigenvalue weighted by atomic mass is 9.82. The fourth-order valence-electron chi connectivity index (χ4n) is 3.22. The summed E-state index contributed by atoms with van der Waals surface area (Å²) in [5.41, 5.74) is 6.10. The average molecular weight is 323 g/mol. The number of halogens is 3. The molecule has 3 N–H and O–H groups in total. The Kier molecular flexibility index (Phi) is 4.43. The number of rotatable bonds is 3. The predicted octanol–water partition coefficient (Wildman–Crippen LogP) is 4.33. The van der Waals surface area contributed by atoms with E-state index in [9.17, 15) is 13.2 Å². The van der Waals surface area contributed by atoms with E-state index in [-0.39, 0.29) is 0 Å². The molecule has 0 saturated heterocycles. The topological polar surface area (TPSA) is 54.7 Å². The second-order valence-electron chi connectivity index (χ2n) is 6.20. The SMILES string of the molecule is NCC1CCC(c2nc(-c3cccc(C(F)(F)F)c3)c[nH]2)CC1. The molecule has 1 heterocycles. The van der Waals surface area contributed by atoms with Crippen LogP contribution in [-0.2, 0) is 6.18 Å². The highest BCUT2D eigenvalue weighted by Gasteiger charge is 2.30. The first-order chi connectivity index (χ1) is 11.0. The number of hydrogen-bond acceptors (Lipinski definition) is 2. The Hall–Kier alpha value is -1.82. The fraction of sp³-hybridized carbons (Fsp3) is 0.471. The molecule has 0 bridgehead atoms. The van der Waals surface area contributed by atoms with Crippen LogP contribution in [-0.4, -0.2) is 16.5 Å². The summed E-state index contributed by atoms with van der Waals surface area (Å²) in [6.45, 7) is 0.723. The van der Waals surface area contributed by atoms with Gasteiger partial charge in [-0.25, -0.2) is 4.98 Å². The van der Waals surface area contributed by atoms with Gasteiger partial charge in [0.1, 0.15) is 5.82 Å². The molecule has 1 aromatic heterocycles. The molecule has 1 aliphatic carbocycles. The second-order valence-corrected chi connectivity index (χ2v) is 6.20. The molecule has 1 saturated carbocycles. The third kappa shape index (κ3) is 3.58. The van der Waals surface area contributed by atoms with Gasteiger partial charge in [-0.15, -0.1) is 0 Å². The minimum absolute atomic E-state index is 0.345. The molecule has 0 aliphatic heterocycles. The Labute approximate surface area is 133 Å². The number of nitrogens with two attached hydrogens (primary N) is 1. The molecule has 2 aromatic rings. The standard InChI is InChI=1S/C17H20F3N3/c18-17(19,20)14-3-1-2-13(8-14)15-10-22-16(23-15)12-6-4-11(9-21)5-7-12/h1-3,8,10-12H,4-7,9,21H2,(H,22,23). The van der Waals surface area contributed by atoms with Crippen LogP contribution in [0.15, 0.2) is 30.5 Å². The summed E-state index contributed by atoms with van der Waals surface area (Å²) in [5, 5.41) is 0. The van der Waals surface area contributed by atoms with Gasteiger partial charge in [-0.05, 0) is 50.3 Å². The van der Waals surface area contributed by atoms with Gasteiger partial charge in [-0.3, -0.25) is 0 Å². The molecule has 1 fully saturated rings. The monoisotopic (exact) mass is 323 g/mol. The van der Waals surface area contributed by atoms with Crippen LogP contribution in [0.4, 0.5) is 13.2 Å². The highest BCUT2D eigenvalue weighted by atomic mass is 19.4. The lowest BCUT2D eigenvalue weighted by molar-refractivity contribution is -0.137. The van der Waals surface area contributed by atoms with E-state index in [1.54, 1.807) is 12.3 Å². The maximum absolute atomic E-state index is 12.8. The summed E-state index contributed by atoms with van der Waals surface area (Å²) in [6.07, 6.45) is 1.58. The molecule has 3 rings (SSSR count). The Bertz CT molecular complexity index is 655. The van der Waals surface area contributed by atoms with Gasteiger partial charge in [-0.2, -0.15) is 13.2 Å². The third-order valence-corrected chi connectivity index (χ3v) is 4.65. The van der Waals surface area contributed by atoms with Crippen molar-refractivity contribution in [2.45, 2.75) is 37.8 Å². The maximum atomic E-state index is 12.8. The largest absolute Gasteiger partial charge is 0.416 e. The van der Waals surface area contributed by atoms with E-state index in [4.69, 9.17) is 5.73 Å². The Morgan fingerprint density at radius 1 is 1.17 bits per heavy atom. The first-order valence-electron chi connectivity index (χ1n) is 7.90.